The first kappa shape index (κ1) is 26.9. The molecule has 0 saturated heterocycles. The van der Waals surface area contributed by atoms with Crippen molar-refractivity contribution in [2.75, 3.05) is 13.2 Å². The van der Waals surface area contributed by atoms with Crippen molar-refractivity contribution in [2.24, 2.45) is 11.8 Å². The molecule has 2 atom stereocenters. The second-order valence-electron chi connectivity index (χ2n) is 9.33. The van der Waals surface area contributed by atoms with E-state index in [0.717, 1.165) is 44.6 Å². The summed E-state index contributed by atoms with van der Waals surface area (Å²) < 4.78 is 40.2. The lowest BCUT2D eigenvalue weighted by atomic mass is 10.0. The van der Waals surface area contributed by atoms with Crippen LogP contribution in [-0.2, 0) is 0 Å². The lowest BCUT2D eigenvalue weighted by Crippen LogP contribution is -2.14. The fraction of sp³-hybridized carbons (Fsp3) is 0.571. The standard InChI is InChI=1S/C28H39F2N3O2/c1-5-9-11-20(7-3)18-34-27-16-24-25(17-28(27)35-19-21(8-4)12-10-6-2)32-33(31-24)26-14-13-22(29)15-23(26)30/h13-17,20-21H,5-12,18-19H2,1-4H3. The molecule has 192 valence electrons. The molecule has 0 N–H and O–H groups in total. The zero-order chi connectivity index (χ0) is 25.2. The van der Waals surface area contributed by atoms with Crippen molar-refractivity contribution in [3.05, 3.63) is 42.0 Å². The van der Waals surface area contributed by atoms with Gasteiger partial charge in [0.25, 0.3) is 0 Å². The van der Waals surface area contributed by atoms with Gasteiger partial charge < -0.3 is 9.47 Å². The highest BCUT2D eigenvalue weighted by molar-refractivity contribution is 5.78. The Morgan fingerprint density at radius 3 is 1.71 bits per heavy atom. The average molecular weight is 488 g/mol. The van der Waals surface area contributed by atoms with Gasteiger partial charge in [0, 0.05) is 18.2 Å². The van der Waals surface area contributed by atoms with Crippen LogP contribution in [0.25, 0.3) is 16.7 Å². The summed E-state index contributed by atoms with van der Waals surface area (Å²) in [6.07, 6.45) is 9.03. The summed E-state index contributed by atoms with van der Waals surface area (Å²) in [6.45, 7) is 9.98. The summed E-state index contributed by atoms with van der Waals surface area (Å²) in [5.74, 6) is 0.831. The summed E-state index contributed by atoms with van der Waals surface area (Å²) in [4.78, 5) is 1.19. The summed E-state index contributed by atoms with van der Waals surface area (Å²) in [5, 5.41) is 8.86. The average Bonchev–Trinajstić information content (AvgIpc) is 3.26. The number of nitrogens with zero attached hydrogens (tertiary/aromatic N) is 3. The van der Waals surface area contributed by atoms with Crippen LogP contribution in [0, 0.1) is 23.5 Å². The molecule has 0 aliphatic heterocycles. The summed E-state index contributed by atoms with van der Waals surface area (Å²) in [5.41, 5.74) is 1.22. The van der Waals surface area contributed by atoms with Crippen LogP contribution in [0.2, 0.25) is 0 Å². The van der Waals surface area contributed by atoms with Gasteiger partial charge in [-0.15, -0.1) is 15.0 Å². The Balaban J connectivity index is 1.89. The van der Waals surface area contributed by atoms with E-state index in [2.05, 4.69) is 37.9 Å². The Hall–Kier alpha value is -2.70. The predicted octanol–water partition coefficient (Wildman–Crippen LogP) is 7.89. The maximum absolute atomic E-state index is 14.3. The summed E-state index contributed by atoms with van der Waals surface area (Å²) in [7, 11) is 0. The van der Waals surface area contributed by atoms with Crippen molar-refractivity contribution in [1.82, 2.24) is 15.0 Å². The number of halogens is 2. The van der Waals surface area contributed by atoms with E-state index < -0.39 is 11.6 Å². The Kier molecular flexibility index (Phi) is 10.3. The molecule has 35 heavy (non-hydrogen) atoms. The van der Waals surface area contributed by atoms with Crippen LogP contribution in [0.3, 0.4) is 0 Å². The maximum atomic E-state index is 14.3. The maximum Gasteiger partial charge on any atom is 0.163 e. The molecule has 0 amide bonds. The molecular formula is C28H39F2N3O2. The Morgan fingerprint density at radius 2 is 1.29 bits per heavy atom. The molecule has 2 unspecified atom stereocenters. The van der Waals surface area contributed by atoms with Crippen LogP contribution in [0.4, 0.5) is 8.78 Å². The first-order valence-corrected chi connectivity index (χ1v) is 13.1. The van der Waals surface area contributed by atoms with Gasteiger partial charge in [-0.25, -0.2) is 8.78 Å². The minimum Gasteiger partial charge on any atom is -0.489 e. The van der Waals surface area contributed by atoms with Crippen molar-refractivity contribution >= 4 is 11.0 Å². The van der Waals surface area contributed by atoms with Gasteiger partial charge in [0.1, 0.15) is 22.5 Å². The van der Waals surface area contributed by atoms with Gasteiger partial charge in [0.2, 0.25) is 0 Å². The summed E-state index contributed by atoms with van der Waals surface area (Å²) >= 11 is 0. The topological polar surface area (TPSA) is 49.2 Å². The predicted molar refractivity (Wildman–Crippen MR) is 136 cm³/mol. The monoisotopic (exact) mass is 487 g/mol. The van der Waals surface area contributed by atoms with Crippen LogP contribution >= 0.6 is 0 Å². The first-order valence-electron chi connectivity index (χ1n) is 13.1. The zero-order valence-corrected chi connectivity index (χ0v) is 21.5. The molecule has 7 heteroatoms. The van der Waals surface area contributed by atoms with E-state index >= 15 is 0 Å². The molecule has 3 aromatic rings. The van der Waals surface area contributed by atoms with E-state index in [0.29, 0.717) is 47.6 Å². The van der Waals surface area contributed by atoms with Crippen molar-refractivity contribution < 1.29 is 18.3 Å². The molecule has 0 spiro atoms. The lowest BCUT2D eigenvalue weighted by molar-refractivity contribution is 0.199. The van der Waals surface area contributed by atoms with Crippen molar-refractivity contribution in [1.29, 1.82) is 0 Å². The Bertz CT molecular complexity index is 1010. The second-order valence-corrected chi connectivity index (χ2v) is 9.33. The van der Waals surface area contributed by atoms with Crippen LogP contribution in [-0.4, -0.2) is 28.2 Å². The third-order valence-electron chi connectivity index (χ3n) is 6.61. The van der Waals surface area contributed by atoms with Gasteiger partial charge in [-0.05, 0) is 36.8 Å². The van der Waals surface area contributed by atoms with Gasteiger partial charge >= 0.3 is 0 Å². The highest BCUT2D eigenvalue weighted by atomic mass is 19.1. The van der Waals surface area contributed by atoms with E-state index in [1.165, 1.54) is 29.8 Å². The largest absolute Gasteiger partial charge is 0.489 e. The molecule has 0 aliphatic rings. The molecule has 0 radical (unpaired) electrons. The SMILES string of the molecule is CCCCC(CC)COc1cc2nn(-c3ccc(F)cc3F)nc2cc1OCC(CC)CCCC. The molecule has 0 aliphatic carbocycles. The molecule has 1 aromatic heterocycles. The van der Waals surface area contributed by atoms with E-state index in [1.54, 1.807) is 0 Å². The molecule has 1 heterocycles. The second kappa shape index (κ2) is 13.4. The van der Waals surface area contributed by atoms with Crippen LogP contribution in [0.15, 0.2) is 30.3 Å². The molecular weight excluding hydrogens is 448 g/mol. The number of hydrogen-bond acceptors (Lipinski definition) is 4. The molecule has 3 rings (SSSR count). The number of unbranched alkanes of at least 4 members (excludes halogenated alkanes) is 2. The van der Waals surface area contributed by atoms with E-state index in [-0.39, 0.29) is 5.69 Å². The van der Waals surface area contributed by atoms with Crippen LogP contribution in [0.1, 0.15) is 79.1 Å². The number of benzene rings is 2. The number of ether oxygens (including phenoxy) is 2. The first-order chi connectivity index (χ1) is 17.0. The normalized spacial score (nSPS) is 13.2. The van der Waals surface area contributed by atoms with E-state index in [1.807, 2.05) is 12.1 Å². The Labute approximate surface area is 207 Å². The minimum atomic E-state index is -0.721. The van der Waals surface area contributed by atoms with E-state index in [9.17, 15) is 8.78 Å². The number of rotatable bonds is 15. The highest BCUT2D eigenvalue weighted by Gasteiger charge is 2.17. The molecule has 0 saturated carbocycles. The number of hydrogen-bond donors (Lipinski definition) is 0. The van der Waals surface area contributed by atoms with Gasteiger partial charge in [0.15, 0.2) is 17.3 Å². The van der Waals surface area contributed by atoms with Crippen LogP contribution < -0.4 is 9.47 Å². The minimum absolute atomic E-state index is 0.0868. The van der Waals surface area contributed by atoms with E-state index in [4.69, 9.17) is 9.47 Å². The van der Waals surface area contributed by atoms with Crippen molar-refractivity contribution in [3.63, 3.8) is 0 Å². The van der Waals surface area contributed by atoms with Crippen molar-refractivity contribution in [3.8, 4) is 17.2 Å². The fourth-order valence-corrected chi connectivity index (χ4v) is 4.11. The van der Waals surface area contributed by atoms with Gasteiger partial charge in [0.05, 0.1) is 13.2 Å². The quantitative estimate of drug-likeness (QED) is 0.219. The van der Waals surface area contributed by atoms with Crippen molar-refractivity contribution in [2.45, 2.75) is 79.1 Å². The smallest absolute Gasteiger partial charge is 0.163 e. The molecule has 5 nitrogen and oxygen atoms in total. The third-order valence-corrected chi connectivity index (χ3v) is 6.61. The summed E-state index contributed by atoms with van der Waals surface area (Å²) in [6, 6.07) is 6.98. The zero-order valence-electron chi connectivity index (χ0n) is 21.5. The highest BCUT2D eigenvalue weighted by Crippen LogP contribution is 2.33. The number of fused-ring (bicyclic) bond motifs is 1. The van der Waals surface area contributed by atoms with Crippen LogP contribution in [0.5, 0.6) is 11.5 Å². The number of aromatic nitrogens is 3. The Morgan fingerprint density at radius 1 is 0.771 bits per heavy atom. The van der Waals surface area contributed by atoms with Gasteiger partial charge in [-0.3, -0.25) is 0 Å². The fourth-order valence-electron chi connectivity index (χ4n) is 4.11. The molecule has 2 aromatic carbocycles. The molecule has 0 bridgehead atoms. The third kappa shape index (κ3) is 7.39. The molecule has 0 fully saturated rings. The van der Waals surface area contributed by atoms with Gasteiger partial charge in [-0.2, -0.15) is 0 Å². The van der Waals surface area contributed by atoms with Gasteiger partial charge in [-0.1, -0.05) is 66.2 Å². The lowest BCUT2D eigenvalue weighted by Gasteiger charge is -2.20.